The molecule has 2 rings (SSSR count). The van der Waals surface area contributed by atoms with Gasteiger partial charge in [0.15, 0.2) is 5.78 Å². The molecule has 2 N–H and O–H groups in total. The van der Waals surface area contributed by atoms with Gasteiger partial charge in [0.2, 0.25) is 5.91 Å². The van der Waals surface area contributed by atoms with E-state index in [1.165, 1.54) is 0 Å². The summed E-state index contributed by atoms with van der Waals surface area (Å²) >= 11 is 3.26. The molecule has 0 aromatic carbocycles. The van der Waals surface area contributed by atoms with E-state index < -0.39 is 11.5 Å². The largest absolute Gasteiger partial charge is 0.480 e. The fraction of sp³-hybridized carbons (Fsp3) is 0.562. The van der Waals surface area contributed by atoms with Crippen molar-refractivity contribution in [2.45, 2.75) is 45.1 Å². The van der Waals surface area contributed by atoms with Gasteiger partial charge in [-0.3, -0.25) is 9.59 Å². The first kappa shape index (κ1) is 18.0. The minimum Gasteiger partial charge on any atom is -0.480 e. The first-order valence-electron chi connectivity index (χ1n) is 7.56. The number of carboxylic acid groups (broad SMARTS) is 1. The number of hydrogen-bond acceptors (Lipinski definition) is 5. The van der Waals surface area contributed by atoms with Crippen molar-refractivity contribution in [3.05, 3.63) is 21.4 Å². The predicted molar refractivity (Wildman–Crippen MR) is 92.4 cm³/mol. The van der Waals surface area contributed by atoms with Gasteiger partial charge in [-0.05, 0) is 44.3 Å². The molecule has 1 fully saturated rings. The lowest BCUT2D eigenvalue weighted by Crippen LogP contribution is -2.56. The van der Waals surface area contributed by atoms with E-state index in [-0.39, 0.29) is 24.5 Å². The number of aliphatic carboxylic acids is 1. The molecular formula is C16H21NO4S2. The summed E-state index contributed by atoms with van der Waals surface area (Å²) in [6.45, 7) is 3.84. The van der Waals surface area contributed by atoms with Crippen LogP contribution in [0.15, 0.2) is 6.07 Å². The Morgan fingerprint density at radius 3 is 2.39 bits per heavy atom. The molecule has 0 radical (unpaired) electrons. The number of Topliss-reactive ketones (excluding diaryl/α,β-unsaturated/α-hetero) is 1. The number of carbonyl (C=O) groups is 3. The van der Waals surface area contributed by atoms with E-state index in [9.17, 15) is 19.5 Å². The molecule has 126 valence electrons. The maximum absolute atomic E-state index is 12.2. The highest BCUT2D eigenvalue weighted by atomic mass is 32.2. The van der Waals surface area contributed by atoms with Crippen molar-refractivity contribution in [3.8, 4) is 0 Å². The van der Waals surface area contributed by atoms with E-state index in [2.05, 4.69) is 5.32 Å². The lowest BCUT2D eigenvalue weighted by molar-refractivity contribution is -0.148. The minimum atomic E-state index is -1.17. The Morgan fingerprint density at radius 1 is 1.22 bits per heavy atom. The first-order valence-corrected chi connectivity index (χ1v) is 9.53. The second-order valence-electron chi connectivity index (χ2n) is 5.80. The molecule has 23 heavy (non-hydrogen) atoms. The van der Waals surface area contributed by atoms with Crippen LogP contribution in [-0.2, 0) is 9.59 Å². The lowest BCUT2D eigenvalue weighted by Gasteiger charge is -2.33. The van der Waals surface area contributed by atoms with Gasteiger partial charge >= 0.3 is 5.97 Å². The number of aryl methyl sites for hydroxylation is 2. The molecule has 0 atom stereocenters. The number of ketones is 1. The van der Waals surface area contributed by atoms with Gasteiger partial charge in [-0.25, -0.2) is 4.79 Å². The number of nitrogens with one attached hydrogen (secondary N) is 1. The van der Waals surface area contributed by atoms with E-state index in [1.54, 1.807) is 23.1 Å². The van der Waals surface area contributed by atoms with Gasteiger partial charge < -0.3 is 10.4 Å². The molecule has 0 aliphatic carbocycles. The van der Waals surface area contributed by atoms with Gasteiger partial charge in [-0.15, -0.1) is 11.3 Å². The predicted octanol–water partition coefficient (Wildman–Crippen LogP) is 2.79. The number of thioether (sulfide) groups is 1. The molecule has 7 heteroatoms. The van der Waals surface area contributed by atoms with Gasteiger partial charge in [0.1, 0.15) is 5.54 Å². The van der Waals surface area contributed by atoms with Gasteiger partial charge in [0, 0.05) is 28.2 Å². The van der Waals surface area contributed by atoms with Crippen molar-refractivity contribution >= 4 is 40.8 Å². The maximum atomic E-state index is 12.2. The topological polar surface area (TPSA) is 83.5 Å². The first-order chi connectivity index (χ1) is 10.8. The monoisotopic (exact) mass is 355 g/mol. The summed E-state index contributed by atoms with van der Waals surface area (Å²) in [5.41, 5.74) is -0.498. The van der Waals surface area contributed by atoms with Crippen LogP contribution >= 0.6 is 23.1 Å². The summed E-state index contributed by atoms with van der Waals surface area (Å²) in [4.78, 5) is 37.9. The number of carboxylic acids is 1. The third-order valence-corrected chi connectivity index (χ3v) is 6.01. The molecule has 1 aromatic heterocycles. The normalized spacial score (nSPS) is 16.8. The van der Waals surface area contributed by atoms with Crippen LogP contribution in [0.2, 0.25) is 0 Å². The second kappa shape index (κ2) is 7.49. The fourth-order valence-electron chi connectivity index (χ4n) is 2.71. The third kappa shape index (κ3) is 4.35. The highest BCUT2D eigenvalue weighted by molar-refractivity contribution is 7.99. The van der Waals surface area contributed by atoms with E-state index in [0.717, 1.165) is 21.3 Å². The van der Waals surface area contributed by atoms with Gasteiger partial charge in [0.25, 0.3) is 0 Å². The lowest BCUT2D eigenvalue weighted by atomic mass is 9.92. The van der Waals surface area contributed by atoms with Crippen LogP contribution in [0, 0.1) is 13.8 Å². The van der Waals surface area contributed by atoms with Crippen LogP contribution in [0.1, 0.15) is 45.8 Å². The van der Waals surface area contributed by atoms with Crippen molar-refractivity contribution in [2.75, 3.05) is 11.5 Å². The van der Waals surface area contributed by atoms with Crippen molar-refractivity contribution < 1.29 is 19.5 Å². The molecule has 0 spiro atoms. The van der Waals surface area contributed by atoms with Crippen molar-refractivity contribution in [1.82, 2.24) is 5.32 Å². The van der Waals surface area contributed by atoms with Crippen molar-refractivity contribution in [2.24, 2.45) is 0 Å². The van der Waals surface area contributed by atoms with Crippen LogP contribution in [0.3, 0.4) is 0 Å². The number of amides is 1. The number of thiophene rings is 1. The molecule has 2 heterocycles. The average molecular weight is 355 g/mol. The Kier molecular flexibility index (Phi) is 5.86. The SMILES string of the molecule is Cc1cc(C(=O)CCC(=O)NC2(C(=O)O)CCSCC2)c(C)s1. The second-order valence-corrected chi connectivity index (χ2v) is 8.48. The zero-order chi connectivity index (χ0) is 17.0. The summed E-state index contributed by atoms with van der Waals surface area (Å²) in [6, 6.07) is 1.84. The van der Waals surface area contributed by atoms with Crippen LogP contribution < -0.4 is 5.32 Å². The van der Waals surface area contributed by atoms with E-state index in [1.807, 2.05) is 19.9 Å². The van der Waals surface area contributed by atoms with E-state index in [4.69, 9.17) is 0 Å². The molecule has 1 aromatic rings. The van der Waals surface area contributed by atoms with Crippen molar-refractivity contribution in [3.63, 3.8) is 0 Å². The molecular weight excluding hydrogens is 334 g/mol. The zero-order valence-corrected chi connectivity index (χ0v) is 14.9. The molecule has 1 saturated heterocycles. The van der Waals surface area contributed by atoms with Crippen LogP contribution in [-0.4, -0.2) is 39.8 Å². The number of rotatable bonds is 6. The van der Waals surface area contributed by atoms with Gasteiger partial charge in [-0.2, -0.15) is 11.8 Å². The number of carbonyl (C=O) groups excluding carboxylic acids is 2. The quantitative estimate of drug-likeness (QED) is 0.767. The van der Waals surface area contributed by atoms with Crippen LogP contribution in [0.25, 0.3) is 0 Å². The highest BCUT2D eigenvalue weighted by Gasteiger charge is 2.41. The molecule has 0 saturated carbocycles. The summed E-state index contributed by atoms with van der Waals surface area (Å²) in [5, 5.41) is 12.1. The van der Waals surface area contributed by atoms with E-state index >= 15 is 0 Å². The highest BCUT2D eigenvalue weighted by Crippen LogP contribution is 2.28. The molecule has 0 unspecified atom stereocenters. The Hall–Kier alpha value is -1.34. The van der Waals surface area contributed by atoms with Crippen molar-refractivity contribution in [1.29, 1.82) is 0 Å². The van der Waals surface area contributed by atoms with E-state index in [0.29, 0.717) is 18.4 Å². The Labute approximate surface area is 143 Å². The summed E-state index contributed by atoms with van der Waals surface area (Å²) in [5.74, 6) is 0.0298. The molecule has 1 aliphatic heterocycles. The summed E-state index contributed by atoms with van der Waals surface area (Å²) < 4.78 is 0. The van der Waals surface area contributed by atoms with Gasteiger partial charge in [0.05, 0.1) is 0 Å². The number of hydrogen-bond donors (Lipinski definition) is 2. The Balaban J connectivity index is 1.92. The average Bonchev–Trinajstić information content (AvgIpc) is 2.84. The Morgan fingerprint density at radius 2 is 1.87 bits per heavy atom. The fourth-order valence-corrected chi connectivity index (χ4v) is 4.84. The minimum absolute atomic E-state index is 0.0232. The molecule has 5 nitrogen and oxygen atoms in total. The van der Waals surface area contributed by atoms with Crippen LogP contribution in [0.5, 0.6) is 0 Å². The summed E-state index contributed by atoms with van der Waals surface area (Å²) in [6.07, 6.45) is 0.980. The van der Waals surface area contributed by atoms with Crippen LogP contribution in [0.4, 0.5) is 0 Å². The smallest absolute Gasteiger partial charge is 0.329 e. The molecule has 0 bridgehead atoms. The third-order valence-electron chi connectivity index (χ3n) is 4.05. The zero-order valence-electron chi connectivity index (χ0n) is 13.3. The molecule has 1 amide bonds. The molecule has 1 aliphatic rings. The maximum Gasteiger partial charge on any atom is 0.329 e. The Bertz CT molecular complexity index is 618. The summed E-state index contributed by atoms with van der Waals surface area (Å²) in [7, 11) is 0. The van der Waals surface area contributed by atoms with Gasteiger partial charge in [-0.1, -0.05) is 0 Å². The standard InChI is InChI=1S/C16H21NO4S2/c1-10-9-12(11(2)23-10)13(18)3-4-14(19)17-16(15(20)21)5-7-22-8-6-16/h9H,3-8H2,1-2H3,(H,17,19)(H,20,21).